The molecule has 5 heteroatoms. The number of carbonyl (C=O) groups excluding carboxylic acids is 1. The second kappa shape index (κ2) is 6.33. The van der Waals surface area contributed by atoms with Crippen LogP contribution in [-0.4, -0.2) is 11.7 Å². The maximum absolute atomic E-state index is 12.2. The first-order valence-corrected chi connectivity index (χ1v) is 9.21. The molecule has 1 aromatic carbocycles. The van der Waals surface area contributed by atoms with Gasteiger partial charge in [-0.15, -0.1) is 11.3 Å². The van der Waals surface area contributed by atoms with Gasteiger partial charge in [-0.05, 0) is 35.4 Å². The van der Waals surface area contributed by atoms with Gasteiger partial charge in [-0.1, -0.05) is 34.1 Å². The third-order valence-electron chi connectivity index (χ3n) is 3.25. The van der Waals surface area contributed by atoms with E-state index in [2.05, 4.69) is 27.3 Å². The van der Waals surface area contributed by atoms with Gasteiger partial charge < -0.3 is 5.32 Å². The van der Waals surface area contributed by atoms with E-state index in [1.807, 2.05) is 36.0 Å². The Bertz CT molecular complexity index is 615. The standard InChI is InChI=1S/C15H14BrNOS2/c16-12-4-2-1-3-10(12)8-17-15(18)14-7-11-9-19-6-5-13(11)20-14/h1-4,7H,5-6,8-9H2,(H,17,18). The lowest BCUT2D eigenvalue weighted by atomic mass is 10.2. The summed E-state index contributed by atoms with van der Waals surface area (Å²) in [5.41, 5.74) is 2.44. The van der Waals surface area contributed by atoms with Gasteiger partial charge in [-0.2, -0.15) is 11.8 Å². The van der Waals surface area contributed by atoms with Gasteiger partial charge in [0.25, 0.3) is 5.91 Å². The molecule has 0 radical (unpaired) electrons. The Morgan fingerprint density at radius 1 is 1.35 bits per heavy atom. The highest BCUT2D eigenvalue weighted by molar-refractivity contribution is 9.10. The molecule has 2 heterocycles. The molecule has 1 aromatic heterocycles. The summed E-state index contributed by atoms with van der Waals surface area (Å²) in [6.07, 6.45) is 1.10. The molecule has 3 rings (SSSR count). The number of thiophene rings is 1. The van der Waals surface area contributed by atoms with Gasteiger partial charge in [-0.25, -0.2) is 0 Å². The van der Waals surface area contributed by atoms with Gasteiger partial charge in [-0.3, -0.25) is 4.79 Å². The zero-order valence-corrected chi connectivity index (χ0v) is 14.0. The number of hydrogen-bond donors (Lipinski definition) is 1. The molecule has 0 saturated heterocycles. The van der Waals surface area contributed by atoms with Crippen LogP contribution in [0.15, 0.2) is 34.8 Å². The number of amides is 1. The third-order valence-corrected chi connectivity index (χ3v) is 6.27. The van der Waals surface area contributed by atoms with Crippen molar-refractivity contribution in [2.24, 2.45) is 0 Å². The number of aryl methyl sites for hydroxylation is 1. The second-order valence-electron chi connectivity index (χ2n) is 4.64. The lowest BCUT2D eigenvalue weighted by molar-refractivity contribution is 0.0955. The summed E-state index contributed by atoms with van der Waals surface area (Å²) in [4.78, 5) is 14.4. The number of nitrogens with one attached hydrogen (secondary N) is 1. The van der Waals surface area contributed by atoms with E-state index in [1.165, 1.54) is 16.2 Å². The van der Waals surface area contributed by atoms with E-state index in [9.17, 15) is 4.79 Å². The first-order chi connectivity index (χ1) is 9.74. The summed E-state index contributed by atoms with van der Waals surface area (Å²) in [5, 5.41) is 3.00. The fourth-order valence-electron chi connectivity index (χ4n) is 2.16. The highest BCUT2D eigenvalue weighted by atomic mass is 79.9. The Morgan fingerprint density at radius 3 is 3.00 bits per heavy atom. The second-order valence-corrected chi connectivity index (χ2v) is 7.73. The lowest BCUT2D eigenvalue weighted by Crippen LogP contribution is -2.21. The van der Waals surface area contributed by atoms with Crippen molar-refractivity contribution in [1.82, 2.24) is 5.32 Å². The number of carbonyl (C=O) groups is 1. The summed E-state index contributed by atoms with van der Waals surface area (Å²) in [6.45, 7) is 0.553. The zero-order chi connectivity index (χ0) is 13.9. The van der Waals surface area contributed by atoms with Gasteiger partial charge in [0.1, 0.15) is 0 Å². The van der Waals surface area contributed by atoms with Gasteiger partial charge in [0, 0.05) is 21.6 Å². The molecule has 2 nitrogen and oxygen atoms in total. The highest BCUT2D eigenvalue weighted by Crippen LogP contribution is 2.31. The van der Waals surface area contributed by atoms with Crippen LogP contribution in [0.1, 0.15) is 25.7 Å². The van der Waals surface area contributed by atoms with Crippen molar-refractivity contribution >= 4 is 44.9 Å². The van der Waals surface area contributed by atoms with Crippen molar-refractivity contribution in [3.05, 3.63) is 55.7 Å². The van der Waals surface area contributed by atoms with Gasteiger partial charge in [0.2, 0.25) is 0 Å². The van der Waals surface area contributed by atoms with Crippen molar-refractivity contribution in [1.29, 1.82) is 0 Å². The fraction of sp³-hybridized carbons (Fsp3) is 0.267. The monoisotopic (exact) mass is 367 g/mol. The van der Waals surface area contributed by atoms with Crippen LogP contribution >= 0.6 is 39.0 Å². The highest BCUT2D eigenvalue weighted by Gasteiger charge is 2.17. The normalized spacial score (nSPS) is 13.8. The molecule has 0 spiro atoms. The summed E-state index contributed by atoms with van der Waals surface area (Å²) in [7, 11) is 0. The maximum Gasteiger partial charge on any atom is 0.261 e. The Balaban J connectivity index is 1.67. The van der Waals surface area contributed by atoms with Crippen LogP contribution in [0.4, 0.5) is 0 Å². The van der Waals surface area contributed by atoms with Crippen LogP contribution in [0.25, 0.3) is 0 Å². The molecule has 0 saturated carbocycles. The van der Waals surface area contributed by atoms with Crippen LogP contribution in [0.3, 0.4) is 0 Å². The number of fused-ring (bicyclic) bond motifs is 1. The van der Waals surface area contributed by atoms with Gasteiger partial charge in [0.15, 0.2) is 0 Å². The van der Waals surface area contributed by atoms with E-state index in [4.69, 9.17) is 0 Å². The average molecular weight is 368 g/mol. The lowest BCUT2D eigenvalue weighted by Gasteiger charge is -2.08. The molecular weight excluding hydrogens is 354 g/mol. The van der Waals surface area contributed by atoms with Crippen molar-refractivity contribution in [2.75, 3.05) is 5.75 Å². The van der Waals surface area contributed by atoms with Crippen LogP contribution in [0, 0.1) is 0 Å². The molecule has 1 N–H and O–H groups in total. The number of rotatable bonds is 3. The average Bonchev–Trinajstić information content (AvgIpc) is 2.90. The van der Waals surface area contributed by atoms with E-state index in [0.717, 1.165) is 27.1 Å². The molecule has 1 aliphatic rings. The van der Waals surface area contributed by atoms with Gasteiger partial charge in [0.05, 0.1) is 4.88 Å². The van der Waals surface area contributed by atoms with E-state index < -0.39 is 0 Å². The molecule has 0 unspecified atom stereocenters. The molecule has 0 bridgehead atoms. The molecule has 20 heavy (non-hydrogen) atoms. The quantitative estimate of drug-likeness (QED) is 0.879. The number of hydrogen-bond acceptors (Lipinski definition) is 3. The first-order valence-electron chi connectivity index (χ1n) is 6.45. The summed E-state index contributed by atoms with van der Waals surface area (Å²) in [6, 6.07) is 10.0. The minimum atomic E-state index is 0.0325. The van der Waals surface area contributed by atoms with Crippen LogP contribution in [0.2, 0.25) is 0 Å². The number of halogens is 1. The van der Waals surface area contributed by atoms with Crippen molar-refractivity contribution in [2.45, 2.75) is 18.7 Å². The van der Waals surface area contributed by atoms with Crippen molar-refractivity contribution in [3.8, 4) is 0 Å². The fourth-order valence-corrected chi connectivity index (χ4v) is 4.88. The summed E-state index contributed by atoms with van der Waals surface area (Å²) >= 11 is 7.09. The molecular formula is C15H14BrNOS2. The SMILES string of the molecule is O=C(NCc1ccccc1Br)c1cc2c(s1)CCSC2. The minimum Gasteiger partial charge on any atom is -0.347 e. The number of thioether (sulfide) groups is 1. The van der Waals surface area contributed by atoms with E-state index in [1.54, 1.807) is 11.3 Å². The molecule has 1 aliphatic heterocycles. The van der Waals surface area contributed by atoms with Gasteiger partial charge >= 0.3 is 0 Å². The molecule has 104 valence electrons. The van der Waals surface area contributed by atoms with Crippen molar-refractivity contribution < 1.29 is 4.79 Å². The third kappa shape index (κ3) is 3.10. The minimum absolute atomic E-state index is 0.0325. The summed E-state index contributed by atoms with van der Waals surface area (Å²) < 4.78 is 1.03. The molecule has 0 aliphatic carbocycles. The predicted molar refractivity (Wildman–Crippen MR) is 89.5 cm³/mol. The van der Waals surface area contributed by atoms with E-state index in [-0.39, 0.29) is 5.91 Å². The molecule has 0 atom stereocenters. The molecule has 0 fully saturated rings. The van der Waals surface area contributed by atoms with Crippen LogP contribution in [-0.2, 0) is 18.7 Å². The maximum atomic E-state index is 12.2. The van der Waals surface area contributed by atoms with Crippen LogP contribution in [0.5, 0.6) is 0 Å². The van der Waals surface area contributed by atoms with E-state index >= 15 is 0 Å². The number of benzene rings is 1. The summed E-state index contributed by atoms with van der Waals surface area (Å²) in [5.74, 6) is 2.25. The Morgan fingerprint density at radius 2 is 2.20 bits per heavy atom. The van der Waals surface area contributed by atoms with E-state index in [0.29, 0.717) is 6.54 Å². The van der Waals surface area contributed by atoms with Crippen LogP contribution < -0.4 is 5.32 Å². The molecule has 1 amide bonds. The topological polar surface area (TPSA) is 29.1 Å². The van der Waals surface area contributed by atoms with Crippen molar-refractivity contribution in [3.63, 3.8) is 0 Å². The first kappa shape index (κ1) is 14.2. The predicted octanol–water partition coefficient (Wildman–Crippen LogP) is 4.23. The smallest absolute Gasteiger partial charge is 0.261 e. The Labute approximate surface area is 135 Å². The zero-order valence-electron chi connectivity index (χ0n) is 10.8. The Kier molecular flexibility index (Phi) is 4.48. The Hall–Kier alpha value is -0.780. The molecule has 2 aromatic rings. The largest absolute Gasteiger partial charge is 0.347 e.